The predicted octanol–water partition coefficient (Wildman–Crippen LogP) is 4.55. The van der Waals surface area contributed by atoms with E-state index in [2.05, 4.69) is 4.74 Å². The summed E-state index contributed by atoms with van der Waals surface area (Å²) >= 11 is 1.30. The van der Waals surface area contributed by atoms with E-state index in [1.165, 1.54) is 36.0 Å². The number of alkyl halides is 3. The molecule has 0 aliphatic rings. The van der Waals surface area contributed by atoms with Crippen molar-refractivity contribution in [2.45, 2.75) is 16.2 Å². The highest BCUT2D eigenvalue weighted by molar-refractivity contribution is 7.99. The molecule has 0 bridgehead atoms. The Hall–Kier alpha value is -1.95. The number of carbonyl (C=O) groups is 1. The monoisotopic (exact) mass is 298 g/mol. The van der Waals surface area contributed by atoms with Crippen molar-refractivity contribution < 1.29 is 22.7 Å². The van der Waals surface area contributed by atoms with Gasteiger partial charge in [-0.15, -0.1) is 13.2 Å². The first kappa shape index (κ1) is 14.5. The summed E-state index contributed by atoms with van der Waals surface area (Å²) in [7, 11) is 0. The lowest BCUT2D eigenvalue weighted by atomic mass is 10.2. The fraction of sp³-hybridized carbons (Fsp3) is 0.0714. The summed E-state index contributed by atoms with van der Waals surface area (Å²) in [4.78, 5) is 12.3. The summed E-state index contributed by atoms with van der Waals surface area (Å²) in [5.74, 6) is -0.273. The SMILES string of the molecule is O=Cc1ccccc1Sc1ccc(OC(F)(F)F)cc1. The largest absolute Gasteiger partial charge is 0.573 e. The van der Waals surface area contributed by atoms with E-state index < -0.39 is 6.36 Å². The molecule has 0 N–H and O–H groups in total. The normalized spacial score (nSPS) is 11.2. The molecule has 0 aliphatic carbocycles. The quantitative estimate of drug-likeness (QED) is 0.775. The van der Waals surface area contributed by atoms with Crippen molar-refractivity contribution in [1.82, 2.24) is 0 Å². The van der Waals surface area contributed by atoms with E-state index in [4.69, 9.17) is 0 Å². The van der Waals surface area contributed by atoms with E-state index in [9.17, 15) is 18.0 Å². The molecule has 0 saturated carbocycles. The maximum atomic E-state index is 12.0. The van der Waals surface area contributed by atoms with Gasteiger partial charge in [-0.1, -0.05) is 30.0 Å². The van der Waals surface area contributed by atoms with Gasteiger partial charge in [0.15, 0.2) is 6.29 Å². The maximum Gasteiger partial charge on any atom is 0.573 e. The summed E-state index contributed by atoms with van der Waals surface area (Å²) in [6, 6.07) is 12.5. The second-order valence-electron chi connectivity index (χ2n) is 3.78. The maximum absolute atomic E-state index is 12.0. The zero-order valence-corrected chi connectivity index (χ0v) is 10.9. The summed E-state index contributed by atoms with van der Waals surface area (Å²) in [5.41, 5.74) is 0.535. The first-order valence-corrected chi connectivity index (χ1v) is 6.37. The molecule has 0 aliphatic heterocycles. The molecular weight excluding hydrogens is 289 g/mol. The Balaban J connectivity index is 2.13. The van der Waals surface area contributed by atoms with Gasteiger partial charge in [0, 0.05) is 15.4 Å². The van der Waals surface area contributed by atoms with Crippen LogP contribution in [-0.2, 0) is 0 Å². The summed E-state index contributed by atoms with van der Waals surface area (Å²) in [6.07, 6.45) is -3.96. The lowest BCUT2D eigenvalue weighted by molar-refractivity contribution is -0.274. The van der Waals surface area contributed by atoms with Gasteiger partial charge in [0.2, 0.25) is 0 Å². The second-order valence-corrected chi connectivity index (χ2v) is 4.89. The zero-order valence-electron chi connectivity index (χ0n) is 10.1. The first-order valence-electron chi connectivity index (χ1n) is 5.56. The average molecular weight is 298 g/mol. The van der Waals surface area contributed by atoms with Crippen LogP contribution >= 0.6 is 11.8 Å². The van der Waals surface area contributed by atoms with Crippen LogP contribution in [0.5, 0.6) is 5.75 Å². The highest BCUT2D eigenvalue weighted by Crippen LogP contribution is 2.31. The predicted molar refractivity (Wildman–Crippen MR) is 69.1 cm³/mol. The second kappa shape index (κ2) is 6.00. The minimum absolute atomic E-state index is 0.273. The lowest BCUT2D eigenvalue weighted by Crippen LogP contribution is -2.16. The fourth-order valence-corrected chi connectivity index (χ4v) is 2.41. The minimum atomic E-state index is -4.70. The van der Waals surface area contributed by atoms with Crippen LogP contribution in [0.3, 0.4) is 0 Å². The third kappa shape index (κ3) is 4.03. The summed E-state index contributed by atoms with van der Waals surface area (Å²) < 4.78 is 39.8. The molecule has 0 heterocycles. The molecule has 2 nitrogen and oxygen atoms in total. The number of rotatable bonds is 4. The molecule has 0 atom stereocenters. The molecule has 2 rings (SSSR count). The van der Waals surface area contributed by atoms with Crippen LogP contribution in [0.1, 0.15) is 10.4 Å². The Morgan fingerprint density at radius 1 is 1.00 bits per heavy atom. The Bertz CT molecular complexity index is 594. The minimum Gasteiger partial charge on any atom is -0.406 e. The Morgan fingerprint density at radius 2 is 1.65 bits per heavy atom. The van der Waals surface area contributed by atoms with E-state index in [1.54, 1.807) is 24.3 Å². The van der Waals surface area contributed by atoms with Crippen LogP contribution < -0.4 is 4.74 Å². The van der Waals surface area contributed by atoms with Gasteiger partial charge in [0.05, 0.1) is 0 Å². The van der Waals surface area contributed by atoms with Crippen LogP contribution in [0.4, 0.5) is 13.2 Å². The molecule has 2 aromatic carbocycles. The molecule has 0 aromatic heterocycles. The van der Waals surface area contributed by atoms with E-state index in [1.807, 2.05) is 0 Å². The molecule has 2 aromatic rings. The van der Waals surface area contributed by atoms with Gasteiger partial charge in [-0.25, -0.2) is 0 Å². The molecule has 0 spiro atoms. The van der Waals surface area contributed by atoms with Crippen molar-refractivity contribution in [3.05, 3.63) is 54.1 Å². The standard InChI is InChI=1S/C14H9F3O2S/c15-14(16,17)19-11-5-7-12(8-6-11)20-13-4-2-1-3-10(13)9-18/h1-9H. The topological polar surface area (TPSA) is 26.3 Å². The highest BCUT2D eigenvalue weighted by atomic mass is 32.2. The van der Waals surface area contributed by atoms with Crippen LogP contribution in [0.2, 0.25) is 0 Å². The van der Waals surface area contributed by atoms with Gasteiger partial charge in [-0.3, -0.25) is 4.79 Å². The van der Waals surface area contributed by atoms with Crippen LogP contribution in [0, 0.1) is 0 Å². The Kier molecular flexibility index (Phi) is 4.34. The molecule has 104 valence electrons. The summed E-state index contributed by atoms with van der Waals surface area (Å²) in [6.45, 7) is 0. The highest BCUT2D eigenvalue weighted by Gasteiger charge is 2.30. The average Bonchev–Trinajstić information content (AvgIpc) is 2.40. The molecule has 0 amide bonds. The number of benzene rings is 2. The van der Waals surface area contributed by atoms with Gasteiger partial charge in [-0.2, -0.15) is 0 Å². The number of aldehydes is 1. The molecule has 0 fully saturated rings. The number of hydrogen-bond acceptors (Lipinski definition) is 3. The lowest BCUT2D eigenvalue weighted by Gasteiger charge is -2.09. The van der Waals surface area contributed by atoms with E-state index in [0.29, 0.717) is 10.5 Å². The van der Waals surface area contributed by atoms with Crippen molar-refractivity contribution in [2.24, 2.45) is 0 Å². The summed E-state index contributed by atoms with van der Waals surface area (Å²) in [5, 5.41) is 0. The zero-order chi connectivity index (χ0) is 14.6. The van der Waals surface area contributed by atoms with Crippen molar-refractivity contribution in [3.63, 3.8) is 0 Å². The van der Waals surface area contributed by atoms with Gasteiger partial charge in [0.25, 0.3) is 0 Å². The van der Waals surface area contributed by atoms with Crippen molar-refractivity contribution in [2.75, 3.05) is 0 Å². The molecule has 0 radical (unpaired) electrons. The number of halogens is 3. The number of ether oxygens (including phenoxy) is 1. The molecule has 20 heavy (non-hydrogen) atoms. The van der Waals surface area contributed by atoms with Crippen LogP contribution in [0.25, 0.3) is 0 Å². The Morgan fingerprint density at radius 3 is 2.25 bits per heavy atom. The van der Waals surface area contributed by atoms with Crippen molar-refractivity contribution >= 4 is 18.0 Å². The third-order valence-corrected chi connectivity index (χ3v) is 3.43. The van der Waals surface area contributed by atoms with Gasteiger partial charge in [-0.05, 0) is 30.3 Å². The van der Waals surface area contributed by atoms with Gasteiger partial charge in [0.1, 0.15) is 5.75 Å². The van der Waals surface area contributed by atoms with Gasteiger partial charge >= 0.3 is 6.36 Å². The molecular formula is C14H9F3O2S. The van der Waals surface area contributed by atoms with Crippen LogP contribution in [0.15, 0.2) is 58.3 Å². The van der Waals surface area contributed by atoms with Crippen LogP contribution in [-0.4, -0.2) is 12.6 Å². The molecule has 6 heteroatoms. The first-order chi connectivity index (χ1) is 9.48. The van der Waals surface area contributed by atoms with Gasteiger partial charge < -0.3 is 4.74 Å². The van der Waals surface area contributed by atoms with Crippen molar-refractivity contribution in [3.8, 4) is 5.75 Å². The smallest absolute Gasteiger partial charge is 0.406 e. The third-order valence-electron chi connectivity index (χ3n) is 2.33. The van der Waals surface area contributed by atoms with Crippen molar-refractivity contribution in [1.29, 1.82) is 0 Å². The number of carbonyl (C=O) groups excluding carboxylic acids is 1. The Labute approximate surface area is 117 Å². The fourth-order valence-electron chi connectivity index (χ4n) is 1.51. The molecule has 0 unspecified atom stereocenters. The molecule has 0 saturated heterocycles. The number of hydrogen-bond donors (Lipinski definition) is 0. The van der Waals surface area contributed by atoms with E-state index >= 15 is 0 Å². The van der Waals surface area contributed by atoms with E-state index in [-0.39, 0.29) is 5.75 Å². The van der Waals surface area contributed by atoms with E-state index in [0.717, 1.165) is 11.2 Å².